The molecule has 11 atom stereocenters. The van der Waals surface area contributed by atoms with Crippen molar-refractivity contribution in [2.45, 2.75) is 140 Å². The van der Waals surface area contributed by atoms with Crippen LogP contribution in [-0.2, 0) is 76.8 Å². The molecule has 5 aliphatic rings. The first kappa shape index (κ1) is 60.3. The van der Waals surface area contributed by atoms with Crippen LogP contribution in [0.2, 0.25) is 0 Å². The minimum atomic E-state index is -1.17. The Kier molecular flexibility index (Phi) is 19.6. The normalized spacial score (nSPS) is 26.3. The lowest BCUT2D eigenvalue weighted by atomic mass is 9.75. The van der Waals surface area contributed by atoms with E-state index in [4.69, 9.17) is 52.4 Å². The van der Waals surface area contributed by atoms with Gasteiger partial charge in [0.05, 0.1) is 38.6 Å². The summed E-state index contributed by atoms with van der Waals surface area (Å²) in [5.74, 6) is -1.51. The lowest BCUT2D eigenvalue weighted by Gasteiger charge is -2.50. The van der Waals surface area contributed by atoms with E-state index >= 15 is 0 Å². The van der Waals surface area contributed by atoms with Crippen molar-refractivity contribution < 1.29 is 66.9 Å². The SMILES string of the molecule is CNC(=O)CCCC(=NC1[C@H](OCc2ccccc2)OC(COCc2ccccc2)[C@@H](OC2OC3COC(c4ccccc4)OC3C(OC(=O)OCC3c4ccccc4-c4ccccc43)C2C)[C@H]1OCc1ccccc1)C1=C(O)CC(C)(C)CC1=O. The Bertz CT molecular complexity index is 3260. The zero-order valence-electron chi connectivity index (χ0n) is 49.1. The summed E-state index contributed by atoms with van der Waals surface area (Å²) in [7, 11) is 1.57. The van der Waals surface area contributed by atoms with E-state index in [0.717, 1.165) is 44.5 Å². The van der Waals surface area contributed by atoms with E-state index in [1.54, 1.807) is 7.05 Å². The van der Waals surface area contributed by atoms with Gasteiger partial charge in [-0.15, -0.1) is 0 Å². The average molecular weight is 1170 g/mol. The zero-order valence-corrected chi connectivity index (χ0v) is 49.1. The number of nitrogens with zero attached hydrogens (tertiary/aromatic N) is 1. The Morgan fingerprint density at radius 1 is 0.663 bits per heavy atom. The van der Waals surface area contributed by atoms with Crippen LogP contribution in [0.1, 0.15) is 98.5 Å². The van der Waals surface area contributed by atoms with E-state index in [9.17, 15) is 19.5 Å². The van der Waals surface area contributed by atoms with Crippen LogP contribution in [0.25, 0.3) is 11.1 Å². The van der Waals surface area contributed by atoms with Crippen molar-refractivity contribution in [1.82, 2.24) is 5.32 Å². The Morgan fingerprint density at radius 2 is 1.26 bits per heavy atom. The summed E-state index contributed by atoms with van der Waals surface area (Å²) in [6.07, 6.45) is -8.78. The molecule has 3 heterocycles. The Hall–Kier alpha value is -7.38. The van der Waals surface area contributed by atoms with Crippen molar-refractivity contribution in [3.05, 3.63) is 215 Å². The van der Waals surface area contributed by atoms with Crippen molar-refractivity contribution >= 4 is 23.6 Å². The number of amides is 1. The van der Waals surface area contributed by atoms with Gasteiger partial charge in [-0.2, -0.15) is 0 Å². The number of allylic oxidation sites excluding steroid dienone is 2. The largest absolute Gasteiger partial charge is 0.511 e. The number of carbonyl (C=O) groups excluding carboxylic acids is 3. The van der Waals surface area contributed by atoms with Crippen LogP contribution in [0, 0.1) is 11.3 Å². The van der Waals surface area contributed by atoms with Gasteiger partial charge in [0.25, 0.3) is 0 Å². The number of ether oxygens (including phenoxy) is 10. The highest BCUT2D eigenvalue weighted by Gasteiger charge is 2.55. The van der Waals surface area contributed by atoms with Crippen molar-refractivity contribution in [1.29, 1.82) is 0 Å². The summed E-state index contributed by atoms with van der Waals surface area (Å²) in [4.78, 5) is 47.1. The van der Waals surface area contributed by atoms with Crippen molar-refractivity contribution in [2.24, 2.45) is 16.3 Å². The molecule has 6 aromatic carbocycles. The van der Waals surface area contributed by atoms with Gasteiger partial charge < -0.3 is 57.8 Å². The summed E-state index contributed by atoms with van der Waals surface area (Å²) >= 11 is 0. The first-order valence-corrected chi connectivity index (χ1v) is 29.9. The fourth-order valence-corrected chi connectivity index (χ4v) is 12.3. The molecular formula is C70H76N2O14. The minimum absolute atomic E-state index is 0.0251. The second kappa shape index (κ2) is 28.0. The maximum Gasteiger partial charge on any atom is 0.508 e. The third kappa shape index (κ3) is 14.4. The van der Waals surface area contributed by atoms with Crippen LogP contribution in [-0.4, -0.2) is 111 Å². The molecule has 86 heavy (non-hydrogen) atoms. The zero-order chi connectivity index (χ0) is 59.6. The van der Waals surface area contributed by atoms with Gasteiger partial charge in [0.2, 0.25) is 5.91 Å². The number of rotatable bonds is 22. The quantitative estimate of drug-likeness (QED) is 0.0482. The molecule has 2 aliphatic carbocycles. The molecule has 11 rings (SSSR count). The third-order valence-electron chi connectivity index (χ3n) is 16.7. The molecule has 6 aromatic rings. The molecule has 450 valence electrons. The number of ketones is 1. The van der Waals surface area contributed by atoms with Gasteiger partial charge in [-0.25, -0.2) is 4.79 Å². The molecule has 2 N–H and O–H groups in total. The van der Waals surface area contributed by atoms with Crippen LogP contribution < -0.4 is 5.32 Å². The third-order valence-corrected chi connectivity index (χ3v) is 16.7. The fraction of sp³-hybridized carbons (Fsp3) is 0.400. The highest BCUT2D eigenvalue weighted by molar-refractivity contribution is 6.23. The molecule has 0 bridgehead atoms. The molecule has 16 heteroatoms. The molecular weight excluding hydrogens is 1090 g/mol. The molecule has 16 nitrogen and oxygen atoms in total. The molecule has 0 aromatic heterocycles. The Labute approximate surface area is 502 Å². The van der Waals surface area contributed by atoms with Crippen LogP contribution in [0.15, 0.2) is 186 Å². The van der Waals surface area contributed by atoms with E-state index < -0.39 is 79.0 Å². The van der Waals surface area contributed by atoms with Crippen LogP contribution in [0.3, 0.4) is 0 Å². The second-order valence-electron chi connectivity index (χ2n) is 23.5. The number of fused-ring (bicyclic) bond motifs is 4. The van der Waals surface area contributed by atoms with Crippen molar-refractivity contribution in [3.8, 4) is 11.1 Å². The van der Waals surface area contributed by atoms with Gasteiger partial charge in [0.15, 0.2) is 24.7 Å². The lowest BCUT2D eigenvalue weighted by Crippen LogP contribution is -2.65. The number of aliphatic imine (C=N–C) groups is 1. The van der Waals surface area contributed by atoms with Gasteiger partial charge in [0, 0.05) is 49.4 Å². The highest BCUT2D eigenvalue weighted by Crippen LogP contribution is 2.46. The van der Waals surface area contributed by atoms with Gasteiger partial charge in [-0.05, 0) is 57.2 Å². The number of hydrogen-bond acceptors (Lipinski definition) is 15. The average Bonchev–Trinajstić information content (AvgIpc) is 2.29. The van der Waals surface area contributed by atoms with Crippen LogP contribution >= 0.6 is 0 Å². The number of benzene rings is 6. The maximum atomic E-state index is 14.4. The van der Waals surface area contributed by atoms with E-state index in [2.05, 4.69) is 29.6 Å². The van der Waals surface area contributed by atoms with Crippen molar-refractivity contribution in [2.75, 3.05) is 26.9 Å². The van der Waals surface area contributed by atoms with Gasteiger partial charge in [-0.3, -0.25) is 14.6 Å². The van der Waals surface area contributed by atoms with Gasteiger partial charge in [0.1, 0.15) is 55.0 Å². The summed E-state index contributed by atoms with van der Waals surface area (Å²) in [6.45, 7) is 6.22. The number of aliphatic hydroxyl groups is 1. The van der Waals surface area contributed by atoms with E-state index in [0.29, 0.717) is 6.42 Å². The summed E-state index contributed by atoms with van der Waals surface area (Å²) in [5, 5.41) is 14.6. The predicted octanol–water partition coefficient (Wildman–Crippen LogP) is 11.9. The molecule has 0 spiro atoms. The Balaban J connectivity index is 0.974. The smallest absolute Gasteiger partial charge is 0.508 e. The standard InChI is InChI=1S/C70H76N2O14/c1-44-62(86-69(76)81-41-53-51-32-19-17-30-49(51)50-31-18-20-33-52(50)53)63-58(43-80-67(85-63)48-28-15-8-16-29-48)82-66(44)84-64-57(42-77-38-45-22-9-5-10-23-45)83-68(79-40-47-26-13-7-14-27-47)61(65(64)78-39-46-24-11-6-12-25-46)72-54(34-21-35-59(75)71-4)60-55(73)36-70(2,3)37-56(60)74/h5-20,22-33,44,53,57-58,61-68,73H,21,34-43H2,1-4H3,(H,71,75)/t44?,57?,58?,61?,62?,63?,64-,65+,66?,67?,68-/m1/s1. The highest BCUT2D eigenvalue weighted by atomic mass is 16.8. The van der Waals surface area contributed by atoms with Gasteiger partial charge >= 0.3 is 6.16 Å². The molecule has 0 radical (unpaired) electrons. The lowest BCUT2D eigenvalue weighted by molar-refractivity contribution is -0.374. The van der Waals surface area contributed by atoms with E-state index in [-0.39, 0.29) is 100.0 Å². The van der Waals surface area contributed by atoms with Crippen LogP contribution in [0.4, 0.5) is 4.79 Å². The number of aliphatic hydroxyl groups excluding tert-OH is 1. The Morgan fingerprint density at radius 3 is 1.88 bits per heavy atom. The number of carbonyl (C=O) groups is 3. The first-order valence-electron chi connectivity index (χ1n) is 29.9. The molecule has 3 aliphatic heterocycles. The molecule has 0 saturated carbocycles. The van der Waals surface area contributed by atoms with Gasteiger partial charge in [-0.1, -0.05) is 191 Å². The monoisotopic (exact) mass is 1170 g/mol. The summed E-state index contributed by atoms with van der Waals surface area (Å²) in [5.41, 5.74) is 7.59. The minimum Gasteiger partial charge on any atom is -0.511 e. The predicted molar refractivity (Wildman–Crippen MR) is 320 cm³/mol. The van der Waals surface area contributed by atoms with Crippen molar-refractivity contribution in [3.63, 3.8) is 0 Å². The summed E-state index contributed by atoms with van der Waals surface area (Å²) < 4.78 is 67.9. The maximum absolute atomic E-state index is 14.4. The fourth-order valence-electron chi connectivity index (χ4n) is 12.3. The molecule has 3 fully saturated rings. The number of Topliss-reactive ketones (excluding diaryl/α,β-unsaturated/α-hetero) is 1. The van der Waals surface area contributed by atoms with E-state index in [1.165, 1.54) is 0 Å². The molecule has 8 unspecified atom stereocenters. The number of hydrogen-bond donors (Lipinski definition) is 2. The summed E-state index contributed by atoms with van der Waals surface area (Å²) in [6, 6.07) is 53.9. The second-order valence-corrected chi connectivity index (χ2v) is 23.5. The molecule has 3 saturated heterocycles. The first-order chi connectivity index (χ1) is 41.9. The van der Waals surface area contributed by atoms with Crippen LogP contribution in [0.5, 0.6) is 0 Å². The van der Waals surface area contributed by atoms with E-state index in [1.807, 2.05) is 166 Å². The topological polar surface area (TPSA) is 188 Å². The molecule has 1 amide bonds. The number of nitrogens with one attached hydrogen (secondary N) is 1.